The molecule has 13 heavy (non-hydrogen) atoms. The van der Waals surface area contributed by atoms with Crippen LogP contribution in [0, 0.1) is 0 Å². The van der Waals surface area contributed by atoms with Crippen LogP contribution in [-0.4, -0.2) is 23.8 Å². The van der Waals surface area contributed by atoms with Crippen LogP contribution in [0.25, 0.3) is 0 Å². The number of carbonyl (C=O) groups is 1. The van der Waals surface area contributed by atoms with Crippen LogP contribution in [0.5, 0.6) is 0 Å². The summed E-state index contributed by atoms with van der Waals surface area (Å²) < 4.78 is 5.25. The maximum Gasteiger partial charge on any atom is 0.329 e. The molecule has 0 aromatic rings. The van der Waals surface area contributed by atoms with Crippen molar-refractivity contribution >= 4 is 5.97 Å². The highest BCUT2D eigenvalue weighted by molar-refractivity contribution is 5.68. The number of carboxylic acids is 1. The third kappa shape index (κ3) is 4.68. The molecule has 0 aromatic carbocycles. The lowest BCUT2D eigenvalue weighted by atomic mass is 10.0. The summed E-state index contributed by atoms with van der Waals surface area (Å²) in [6.07, 6.45) is 9.60. The molecule has 1 atom stereocenters. The number of allylic oxidation sites excluding steroid dienone is 2. The lowest BCUT2D eigenvalue weighted by molar-refractivity contribution is -0.144. The molecule has 0 radical (unpaired) electrons. The van der Waals surface area contributed by atoms with Crippen LogP contribution in [0.1, 0.15) is 32.1 Å². The van der Waals surface area contributed by atoms with E-state index in [4.69, 9.17) is 9.84 Å². The van der Waals surface area contributed by atoms with Crippen LogP contribution >= 0.6 is 0 Å². The summed E-state index contributed by atoms with van der Waals surface area (Å²) in [5.74, 6) is -0.877. The van der Waals surface area contributed by atoms with Crippen LogP contribution in [0.2, 0.25) is 0 Å². The third-order valence-electron chi connectivity index (χ3n) is 2.16. The molecule has 0 saturated carbocycles. The van der Waals surface area contributed by atoms with Crippen molar-refractivity contribution < 1.29 is 14.6 Å². The lowest BCUT2D eigenvalue weighted by Crippen LogP contribution is -2.18. The Morgan fingerprint density at radius 3 is 2.92 bits per heavy atom. The molecular formula is C10H16O3. The van der Waals surface area contributed by atoms with E-state index in [0.29, 0.717) is 0 Å². The van der Waals surface area contributed by atoms with E-state index in [1.54, 1.807) is 0 Å². The SMILES string of the molecule is O=C(O)CO[C@@H]1CC/C=C\CCC1. The standard InChI is InChI=1S/C10H16O3/c11-10(12)8-13-9-6-4-2-1-3-5-7-9/h1-2,9H,3-8H2,(H,11,12)/b2-1-/t9-/m1/s1. The Balaban J connectivity index is 2.23. The smallest absolute Gasteiger partial charge is 0.329 e. The number of rotatable bonds is 3. The van der Waals surface area contributed by atoms with Crippen LogP contribution in [0.15, 0.2) is 12.2 Å². The van der Waals surface area contributed by atoms with Crippen molar-refractivity contribution in [3.8, 4) is 0 Å². The average molecular weight is 184 g/mol. The summed E-state index contributed by atoms with van der Waals surface area (Å²) in [6.45, 7) is -0.158. The Kier molecular flexibility index (Phi) is 4.54. The van der Waals surface area contributed by atoms with Gasteiger partial charge in [-0.3, -0.25) is 0 Å². The molecule has 0 heterocycles. The fraction of sp³-hybridized carbons (Fsp3) is 0.700. The van der Waals surface area contributed by atoms with Crippen LogP contribution in [0.3, 0.4) is 0 Å². The van der Waals surface area contributed by atoms with Crippen molar-refractivity contribution in [1.29, 1.82) is 0 Å². The summed E-state index contributed by atoms with van der Waals surface area (Å²) in [7, 11) is 0. The maximum absolute atomic E-state index is 10.3. The number of carboxylic acid groups (broad SMARTS) is 1. The van der Waals surface area contributed by atoms with E-state index >= 15 is 0 Å². The van der Waals surface area contributed by atoms with Gasteiger partial charge in [0.25, 0.3) is 0 Å². The Hall–Kier alpha value is -0.830. The van der Waals surface area contributed by atoms with Crippen molar-refractivity contribution in [2.75, 3.05) is 6.61 Å². The molecule has 0 aliphatic heterocycles. The van der Waals surface area contributed by atoms with Gasteiger partial charge in [0.05, 0.1) is 6.10 Å². The first-order valence-corrected chi connectivity index (χ1v) is 4.77. The van der Waals surface area contributed by atoms with Gasteiger partial charge in [-0.05, 0) is 32.1 Å². The zero-order valence-electron chi connectivity index (χ0n) is 7.74. The van der Waals surface area contributed by atoms with E-state index in [1.807, 2.05) is 0 Å². The summed E-state index contributed by atoms with van der Waals surface area (Å²) in [5.41, 5.74) is 0. The van der Waals surface area contributed by atoms with Gasteiger partial charge in [-0.2, -0.15) is 0 Å². The lowest BCUT2D eigenvalue weighted by Gasteiger charge is -2.16. The fourth-order valence-electron chi connectivity index (χ4n) is 1.48. The van der Waals surface area contributed by atoms with Gasteiger partial charge in [0.15, 0.2) is 0 Å². The molecule has 0 spiro atoms. The quantitative estimate of drug-likeness (QED) is 0.682. The Labute approximate surface area is 78.4 Å². The summed E-state index contributed by atoms with van der Waals surface area (Å²) in [6, 6.07) is 0. The Morgan fingerprint density at radius 2 is 2.15 bits per heavy atom. The van der Waals surface area contributed by atoms with Crippen molar-refractivity contribution in [1.82, 2.24) is 0 Å². The highest BCUT2D eigenvalue weighted by atomic mass is 16.5. The largest absolute Gasteiger partial charge is 0.480 e. The van der Waals surface area contributed by atoms with Crippen LogP contribution < -0.4 is 0 Å². The van der Waals surface area contributed by atoms with E-state index in [0.717, 1.165) is 32.1 Å². The van der Waals surface area contributed by atoms with Gasteiger partial charge < -0.3 is 9.84 Å². The van der Waals surface area contributed by atoms with Crippen LogP contribution in [0.4, 0.5) is 0 Å². The number of aliphatic carboxylic acids is 1. The summed E-state index contributed by atoms with van der Waals surface area (Å²) >= 11 is 0. The molecule has 0 saturated heterocycles. The first kappa shape index (κ1) is 10.3. The molecule has 3 heteroatoms. The van der Waals surface area contributed by atoms with Crippen molar-refractivity contribution in [3.63, 3.8) is 0 Å². The number of hydrogen-bond donors (Lipinski definition) is 1. The van der Waals surface area contributed by atoms with E-state index < -0.39 is 5.97 Å². The first-order chi connectivity index (χ1) is 6.29. The predicted octanol–water partition coefficient (Wildman–Crippen LogP) is 1.98. The van der Waals surface area contributed by atoms with Gasteiger partial charge in [0.1, 0.15) is 6.61 Å². The molecule has 74 valence electrons. The molecule has 1 aliphatic carbocycles. The zero-order valence-corrected chi connectivity index (χ0v) is 7.74. The monoisotopic (exact) mass is 184 g/mol. The molecule has 1 N–H and O–H groups in total. The second-order valence-electron chi connectivity index (χ2n) is 3.31. The fourth-order valence-corrected chi connectivity index (χ4v) is 1.48. The Morgan fingerprint density at radius 1 is 1.38 bits per heavy atom. The average Bonchev–Trinajstić information content (AvgIpc) is 2.01. The zero-order chi connectivity index (χ0) is 9.52. The second kappa shape index (κ2) is 5.75. The molecule has 3 nitrogen and oxygen atoms in total. The molecular weight excluding hydrogens is 168 g/mol. The van der Waals surface area contributed by atoms with E-state index in [9.17, 15) is 4.79 Å². The molecule has 0 unspecified atom stereocenters. The van der Waals surface area contributed by atoms with Gasteiger partial charge in [-0.15, -0.1) is 0 Å². The van der Waals surface area contributed by atoms with Crippen LogP contribution in [-0.2, 0) is 9.53 Å². The van der Waals surface area contributed by atoms with E-state index in [1.165, 1.54) is 0 Å². The molecule has 0 bridgehead atoms. The van der Waals surface area contributed by atoms with Gasteiger partial charge in [0, 0.05) is 0 Å². The normalized spacial score (nSPS) is 26.0. The summed E-state index contributed by atoms with van der Waals surface area (Å²) in [5, 5.41) is 8.43. The van der Waals surface area contributed by atoms with Gasteiger partial charge in [-0.25, -0.2) is 4.79 Å². The number of hydrogen-bond acceptors (Lipinski definition) is 2. The van der Waals surface area contributed by atoms with Crippen molar-refractivity contribution in [2.45, 2.75) is 38.2 Å². The topological polar surface area (TPSA) is 46.5 Å². The highest BCUT2D eigenvalue weighted by Crippen LogP contribution is 2.14. The van der Waals surface area contributed by atoms with E-state index in [-0.39, 0.29) is 12.7 Å². The molecule has 0 aromatic heterocycles. The minimum atomic E-state index is -0.877. The number of ether oxygens (including phenoxy) is 1. The predicted molar refractivity (Wildman–Crippen MR) is 49.6 cm³/mol. The Bertz CT molecular complexity index is 187. The van der Waals surface area contributed by atoms with E-state index in [2.05, 4.69) is 12.2 Å². The van der Waals surface area contributed by atoms with Crippen molar-refractivity contribution in [2.24, 2.45) is 0 Å². The molecule has 0 amide bonds. The third-order valence-corrected chi connectivity index (χ3v) is 2.16. The maximum atomic E-state index is 10.3. The molecule has 1 aliphatic rings. The molecule has 1 rings (SSSR count). The highest BCUT2D eigenvalue weighted by Gasteiger charge is 2.10. The minimum Gasteiger partial charge on any atom is -0.480 e. The van der Waals surface area contributed by atoms with Gasteiger partial charge in [0.2, 0.25) is 0 Å². The summed E-state index contributed by atoms with van der Waals surface area (Å²) in [4.78, 5) is 10.3. The molecule has 0 fully saturated rings. The van der Waals surface area contributed by atoms with Crippen molar-refractivity contribution in [3.05, 3.63) is 12.2 Å². The van der Waals surface area contributed by atoms with Gasteiger partial charge >= 0.3 is 5.97 Å². The van der Waals surface area contributed by atoms with Gasteiger partial charge in [-0.1, -0.05) is 12.2 Å². The second-order valence-corrected chi connectivity index (χ2v) is 3.31. The first-order valence-electron chi connectivity index (χ1n) is 4.77. The minimum absolute atomic E-state index is 0.140.